The van der Waals surface area contributed by atoms with E-state index in [4.69, 9.17) is 4.99 Å². The number of rotatable bonds is 6. The Morgan fingerprint density at radius 2 is 1.86 bits per heavy atom. The molecule has 4 rings (SSSR count). The van der Waals surface area contributed by atoms with Gasteiger partial charge in [0, 0.05) is 55.2 Å². The topological polar surface area (TPSA) is 60.0 Å². The third kappa shape index (κ3) is 5.26. The predicted molar refractivity (Wildman–Crippen MR) is 116 cm³/mol. The molecule has 1 saturated heterocycles. The summed E-state index contributed by atoms with van der Waals surface area (Å²) >= 11 is 3.51. The van der Waals surface area contributed by atoms with Gasteiger partial charge in [-0.3, -0.25) is 14.7 Å². The van der Waals surface area contributed by atoms with Crippen LogP contribution in [-0.4, -0.2) is 73.0 Å². The molecule has 3 fully saturated rings. The number of hydrogen-bond donors (Lipinski definition) is 2. The molecule has 0 bridgehead atoms. The minimum absolute atomic E-state index is 0.173. The summed E-state index contributed by atoms with van der Waals surface area (Å²) in [7, 11) is 0. The number of carbonyl (C=O) groups excluding carboxylic acids is 1. The van der Waals surface area contributed by atoms with Gasteiger partial charge in [-0.05, 0) is 43.9 Å². The number of nitrogens with one attached hydrogen (secondary N) is 2. The highest BCUT2D eigenvalue weighted by molar-refractivity contribution is 9.10. The van der Waals surface area contributed by atoms with Crippen molar-refractivity contribution in [2.75, 3.05) is 39.3 Å². The van der Waals surface area contributed by atoms with E-state index in [1.54, 1.807) is 0 Å². The number of hydrogen-bond acceptors (Lipinski definition) is 3. The summed E-state index contributed by atoms with van der Waals surface area (Å²) in [6.07, 6.45) is 3.44. The number of halogens is 1. The van der Waals surface area contributed by atoms with Crippen LogP contribution in [0.4, 0.5) is 0 Å². The average molecular weight is 448 g/mol. The van der Waals surface area contributed by atoms with Crippen LogP contribution in [0.1, 0.15) is 37.7 Å². The molecule has 2 aliphatic carbocycles. The molecule has 1 aliphatic heterocycles. The minimum Gasteiger partial charge on any atom is -0.353 e. The van der Waals surface area contributed by atoms with E-state index in [2.05, 4.69) is 67.6 Å². The van der Waals surface area contributed by atoms with Crippen LogP contribution in [0.15, 0.2) is 33.7 Å². The van der Waals surface area contributed by atoms with Crippen molar-refractivity contribution in [3.63, 3.8) is 0 Å². The van der Waals surface area contributed by atoms with E-state index in [-0.39, 0.29) is 5.91 Å². The van der Waals surface area contributed by atoms with Crippen LogP contribution >= 0.6 is 15.9 Å². The van der Waals surface area contributed by atoms with E-state index in [0.29, 0.717) is 24.5 Å². The molecule has 152 valence electrons. The Labute approximate surface area is 175 Å². The zero-order chi connectivity index (χ0) is 19.5. The maximum absolute atomic E-state index is 12.0. The van der Waals surface area contributed by atoms with E-state index in [9.17, 15) is 4.79 Å². The Morgan fingerprint density at radius 1 is 1.14 bits per heavy atom. The van der Waals surface area contributed by atoms with E-state index >= 15 is 0 Å². The van der Waals surface area contributed by atoms with Gasteiger partial charge in [-0.15, -0.1) is 0 Å². The molecule has 2 unspecified atom stereocenters. The molecule has 1 amide bonds. The average Bonchev–Trinajstić information content (AvgIpc) is 3.60. The third-order valence-corrected chi connectivity index (χ3v) is 6.22. The van der Waals surface area contributed by atoms with Crippen LogP contribution in [0, 0.1) is 0 Å². The first kappa shape index (κ1) is 19.7. The molecule has 0 aromatic heterocycles. The molecule has 1 aromatic rings. The molecule has 2 saturated carbocycles. The molecule has 2 N–H and O–H groups in total. The first-order chi connectivity index (χ1) is 13.6. The maximum atomic E-state index is 12.0. The number of guanidine groups is 1. The van der Waals surface area contributed by atoms with Crippen LogP contribution in [0.5, 0.6) is 0 Å². The SMILES string of the molecule is CCN=C(NC1CC1c1ccc(Br)cc1)N1CCN(CC(=O)NC2CC2)CC1. The summed E-state index contributed by atoms with van der Waals surface area (Å²) in [5.74, 6) is 1.77. The van der Waals surface area contributed by atoms with Crippen LogP contribution in [0.2, 0.25) is 0 Å². The van der Waals surface area contributed by atoms with Gasteiger partial charge >= 0.3 is 0 Å². The second kappa shape index (κ2) is 8.82. The molecule has 3 aliphatic rings. The lowest BCUT2D eigenvalue weighted by atomic mass is 10.1. The molecule has 0 spiro atoms. The molecule has 28 heavy (non-hydrogen) atoms. The van der Waals surface area contributed by atoms with Crippen molar-refractivity contribution in [3.05, 3.63) is 34.3 Å². The normalized spacial score (nSPS) is 25.5. The molecule has 1 aromatic carbocycles. The van der Waals surface area contributed by atoms with Gasteiger partial charge in [0.25, 0.3) is 0 Å². The van der Waals surface area contributed by atoms with Crippen LogP contribution < -0.4 is 10.6 Å². The Bertz CT molecular complexity index is 710. The van der Waals surface area contributed by atoms with Crippen molar-refractivity contribution in [3.8, 4) is 0 Å². The largest absolute Gasteiger partial charge is 0.353 e. The first-order valence-electron chi connectivity index (χ1n) is 10.5. The van der Waals surface area contributed by atoms with Gasteiger partial charge in [0.05, 0.1) is 6.54 Å². The molecular formula is C21H30BrN5O. The fourth-order valence-electron chi connectivity index (χ4n) is 3.81. The Kier molecular flexibility index (Phi) is 6.21. The lowest BCUT2D eigenvalue weighted by Crippen LogP contribution is -2.54. The van der Waals surface area contributed by atoms with Gasteiger partial charge < -0.3 is 15.5 Å². The Hall–Kier alpha value is -1.60. The number of aliphatic imine (C=N–C) groups is 1. The smallest absolute Gasteiger partial charge is 0.234 e. The lowest BCUT2D eigenvalue weighted by molar-refractivity contribution is -0.122. The summed E-state index contributed by atoms with van der Waals surface area (Å²) in [6.45, 7) is 7.02. The number of amides is 1. The highest BCUT2D eigenvalue weighted by Gasteiger charge is 2.39. The zero-order valence-corrected chi connectivity index (χ0v) is 18.1. The van der Waals surface area contributed by atoms with Crippen molar-refractivity contribution >= 4 is 27.8 Å². The quantitative estimate of drug-likeness (QED) is 0.518. The van der Waals surface area contributed by atoms with Gasteiger partial charge in [-0.1, -0.05) is 28.1 Å². The highest BCUT2D eigenvalue weighted by atomic mass is 79.9. The van der Waals surface area contributed by atoms with Crippen molar-refractivity contribution in [2.24, 2.45) is 4.99 Å². The molecule has 7 heteroatoms. The summed E-state index contributed by atoms with van der Waals surface area (Å²) in [5.41, 5.74) is 1.39. The van der Waals surface area contributed by atoms with Gasteiger partial charge in [-0.2, -0.15) is 0 Å². The zero-order valence-electron chi connectivity index (χ0n) is 16.5. The van der Waals surface area contributed by atoms with Crippen molar-refractivity contribution < 1.29 is 4.79 Å². The lowest BCUT2D eigenvalue weighted by Gasteiger charge is -2.36. The van der Waals surface area contributed by atoms with Gasteiger partial charge in [0.15, 0.2) is 5.96 Å². The first-order valence-corrected chi connectivity index (χ1v) is 11.2. The highest BCUT2D eigenvalue weighted by Crippen LogP contribution is 2.41. The summed E-state index contributed by atoms with van der Waals surface area (Å²) in [6, 6.07) is 9.55. The second-order valence-electron chi connectivity index (χ2n) is 8.05. The number of nitrogens with zero attached hydrogens (tertiary/aromatic N) is 3. The van der Waals surface area contributed by atoms with E-state index in [1.807, 2.05) is 0 Å². The maximum Gasteiger partial charge on any atom is 0.234 e. The van der Waals surface area contributed by atoms with Gasteiger partial charge in [0.2, 0.25) is 5.91 Å². The Balaban J connectivity index is 1.25. The predicted octanol–water partition coefficient (Wildman–Crippen LogP) is 2.17. The summed E-state index contributed by atoms with van der Waals surface area (Å²) in [5, 5.41) is 6.76. The van der Waals surface area contributed by atoms with E-state index < -0.39 is 0 Å². The molecule has 0 radical (unpaired) electrons. The van der Waals surface area contributed by atoms with E-state index in [0.717, 1.165) is 62.4 Å². The molecular weight excluding hydrogens is 418 g/mol. The summed E-state index contributed by atoms with van der Waals surface area (Å²) in [4.78, 5) is 21.3. The van der Waals surface area contributed by atoms with E-state index in [1.165, 1.54) is 5.56 Å². The standard InChI is InChI=1S/C21H30BrN5O/c1-2-23-21(25-19-13-18(19)15-3-5-16(22)6-4-15)27-11-9-26(10-12-27)14-20(28)24-17-7-8-17/h3-6,17-19H,2,7-14H2,1H3,(H,23,25)(H,24,28). The van der Waals surface area contributed by atoms with Crippen LogP contribution in [0.25, 0.3) is 0 Å². The number of carbonyl (C=O) groups is 1. The third-order valence-electron chi connectivity index (χ3n) is 5.69. The van der Waals surface area contributed by atoms with Gasteiger partial charge in [-0.25, -0.2) is 0 Å². The summed E-state index contributed by atoms with van der Waals surface area (Å²) < 4.78 is 1.12. The second-order valence-corrected chi connectivity index (χ2v) is 8.96. The molecule has 2 atom stereocenters. The van der Waals surface area contributed by atoms with Crippen molar-refractivity contribution in [1.82, 2.24) is 20.4 Å². The number of piperazine rings is 1. The fraction of sp³-hybridized carbons (Fsp3) is 0.619. The van der Waals surface area contributed by atoms with Crippen molar-refractivity contribution in [2.45, 2.75) is 44.2 Å². The van der Waals surface area contributed by atoms with Gasteiger partial charge in [0.1, 0.15) is 0 Å². The molecule has 6 nitrogen and oxygen atoms in total. The number of benzene rings is 1. The van der Waals surface area contributed by atoms with Crippen molar-refractivity contribution in [1.29, 1.82) is 0 Å². The monoisotopic (exact) mass is 447 g/mol. The van der Waals surface area contributed by atoms with Crippen LogP contribution in [-0.2, 0) is 4.79 Å². The molecule has 1 heterocycles. The Morgan fingerprint density at radius 3 is 2.50 bits per heavy atom. The fourth-order valence-corrected chi connectivity index (χ4v) is 4.07. The minimum atomic E-state index is 0.173. The van der Waals surface area contributed by atoms with Crippen LogP contribution in [0.3, 0.4) is 0 Å².